The zero-order chi connectivity index (χ0) is 14.8. The molecule has 0 aliphatic carbocycles. The van der Waals surface area contributed by atoms with Gasteiger partial charge in [-0.05, 0) is 46.6 Å². The lowest BCUT2D eigenvalue weighted by Crippen LogP contribution is -2.01. The number of hydrogen-bond donors (Lipinski definition) is 1. The van der Waals surface area contributed by atoms with Gasteiger partial charge in [-0.25, -0.2) is 4.98 Å². The van der Waals surface area contributed by atoms with E-state index in [4.69, 9.17) is 10.5 Å². The molecule has 21 heavy (non-hydrogen) atoms. The highest BCUT2D eigenvalue weighted by Crippen LogP contribution is 2.32. The lowest BCUT2D eigenvalue weighted by molar-refractivity contribution is 0.320. The Morgan fingerprint density at radius 3 is 2.76 bits per heavy atom. The molecule has 4 nitrogen and oxygen atoms in total. The molecule has 0 amide bonds. The van der Waals surface area contributed by atoms with Crippen LogP contribution in [-0.2, 0) is 0 Å². The van der Waals surface area contributed by atoms with E-state index in [0.717, 1.165) is 33.4 Å². The first-order valence-corrected chi connectivity index (χ1v) is 7.66. The number of para-hydroxylation sites is 2. The van der Waals surface area contributed by atoms with Gasteiger partial charge in [-0.15, -0.1) is 0 Å². The molecule has 0 unspecified atom stereocenters. The van der Waals surface area contributed by atoms with Crippen molar-refractivity contribution < 1.29 is 4.74 Å². The number of benzene rings is 2. The van der Waals surface area contributed by atoms with E-state index in [-0.39, 0.29) is 0 Å². The smallest absolute Gasteiger partial charge is 0.206 e. The minimum absolute atomic E-state index is 0.449. The van der Waals surface area contributed by atoms with Crippen LogP contribution in [0.25, 0.3) is 16.7 Å². The van der Waals surface area contributed by atoms with E-state index in [9.17, 15) is 0 Å². The third kappa shape index (κ3) is 2.49. The third-order valence-electron chi connectivity index (χ3n) is 3.23. The normalized spacial score (nSPS) is 11.0. The lowest BCUT2D eigenvalue weighted by atomic mass is 10.2. The van der Waals surface area contributed by atoms with E-state index < -0.39 is 0 Å². The number of nitrogen functional groups attached to an aromatic ring is 1. The topological polar surface area (TPSA) is 53.1 Å². The molecule has 1 heterocycles. The zero-order valence-corrected chi connectivity index (χ0v) is 13.3. The van der Waals surface area contributed by atoms with E-state index in [2.05, 4.69) is 27.8 Å². The maximum absolute atomic E-state index is 6.13. The molecule has 0 aliphatic heterocycles. The molecule has 108 valence electrons. The molecule has 0 fully saturated rings. The molecule has 2 aromatic carbocycles. The van der Waals surface area contributed by atoms with Gasteiger partial charge in [-0.1, -0.05) is 25.1 Å². The summed E-state index contributed by atoms with van der Waals surface area (Å²) in [5.74, 6) is 1.22. The van der Waals surface area contributed by atoms with Crippen molar-refractivity contribution >= 4 is 32.9 Å². The van der Waals surface area contributed by atoms with Gasteiger partial charge in [-0.2, -0.15) is 0 Å². The van der Waals surface area contributed by atoms with Crippen LogP contribution in [0, 0.1) is 0 Å². The van der Waals surface area contributed by atoms with E-state index in [1.165, 1.54) is 0 Å². The molecular formula is C16H16BrN3O. The van der Waals surface area contributed by atoms with E-state index in [1.54, 1.807) is 0 Å². The molecule has 0 aliphatic rings. The summed E-state index contributed by atoms with van der Waals surface area (Å²) in [6.45, 7) is 2.75. The highest BCUT2D eigenvalue weighted by atomic mass is 79.9. The number of anilines is 1. The standard InChI is InChI=1S/C16H16BrN3O/c1-2-10-21-14-9-5-8-13-15(14)19-16(18)20(13)12-7-4-3-6-11(12)17/h3-9H,2,10H2,1H3,(H2,18,19). The van der Waals surface area contributed by atoms with Crippen molar-refractivity contribution in [3.8, 4) is 11.4 Å². The Kier molecular flexibility index (Phi) is 3.84. The maximum Gasteiger partial charge on any atom is 0.206 e. The van der Waals surface area contributed by atoms with Crippen molar-refractivity contribution in [2.45, 2.75) is 13.3 Å². The van der Waals surface area contributed by atoms with Gasteiger partial charge in [0.25, 0.3) is 0 Å². The second-order valence-corrected chi connectivity index (χ2v) is 5.58. The van der Waals surface area contributed by atoms with E-state index >= 15 is 0 Å². The Hall–Kier alpha value is -2.01. The van der Waals surface area contributed by atoms with Crippen LogP contribution in [0.15, 0.2) is 46.9 Å². The highest BCUT2D eigenvalue weighted by Gasteiger charge is 2.15. The average molecular weight is 346 g/mol. The van der Waals surface area contributed by atoms with Crippen LogP contribution in [0.5, 0.6) is 5.75 Å². The quantitative estimate of drug-likeness (QED) is 0.772. The first-order chi connectivity index (χ1) is 10.2. The summed E-state index contributed by atoms with van der Waals surface area (Å²) in [5.41, 5.74) is 8.82. The molecule has 0 bridgehead atoms. The molecule has 0 radical (unpaired) electrons. The molecule has 1 aromatic heterocycles. The SMILES string of the molecule is CCCOc1cccc2c1nc(N)n2-c1ccccc1Br. The third-order valence-corrected chi connectivity index (χ3v) is 3.90. The minimum atomic E-state index is 0.449. The molecule has 0 atom stereocenters. The fourth-order valence-electron chi connectivity index (χ4n) is 2.31. The van der Waals surface area contributed by atoms with Crippen molar-refractivity contribution in [2.75, 3.05) is 12.3 Å². The monoisotopic (exact) mass is 345 g/mol. The van der Waals surface area contributed by atoms with Gasteiger partial charge in [0.2, 0.25) is 5.95 Å². The Morgan fingerprint density at radius 2 is 2.00 bits per heavy atom. The van der Waals surface area contributed by atoms with Crippen molar-refractivity contribution in [2.24, 2.45) is 0 Å². The first kappa shape index (κ1) is 13.9. The highest BCUT2D eigenvalue weighted by molar-refractivity contribution is 9.10. The molecule has 0 saturated carbocycles. The number of nitrogens with two attached hydrogens (primary N) is 1. The molecule has 5 heteroatoms. The van der Waals surface area contributed by atoms with Crippen LogP contribution in [-0.4, -0.2) is 16.2 Å². The van der Waals surface area contributed by atoms with Crippen LogP contribution in [0.4, 0.5) is 5.95 Å². The van der Waals surface area contributed by atoms with Crippen LogP contribution < -0.4 is 10.5 Å². The number of ether oxygens (including phenoxy) is 1. The first-order valence-electron chi connectivity index (χ1n) is 6.87. The number of nitrogens with zero attached hydrogens (tertiary/aromatic N) is 2. The summed E-state index contributed by atoms with van der Waals surface area (Å²) in [5, 5.41) is 0. The number of rotatable bonds is 4. The van der Waals surface area contributed by atoms with Crippen molar-refractivity contribution in [1.82, 2.24) is 9.55 Å². The number of halogens is 1. The van der Waals surface area contributed by atoms with Crippen LogP contribution in [0.2, 0.25) is 0 Å². The van der Waals surface area contributed by atoms with Crippen LogP contribution in [0.1, 0.15) is 13.3 Å². The Bertz CT molecular complexity index is 782. The maximum atomic E-state index is 6.13. The van der Waals surface area contributed by atoms with Crippen molar-refractivity contribution in [3.63, 3.8) is 0 Å². The Balaban J connectivity index is 2.21. The number of fused-ring (bicyclic) bond motifs is 1. The fourth-order valence-corrected chi connectivity index (χ4v) is 2.77. The summed E-state index contributed by atoms with van der Waals surface area (Å²) in [7, 11) is 0. The zero-order valence-electron chi connectivity index (χ0n) is 11.7. The Labute approximate surface area is 131 Å². The molecule has 3 aromatic rings. The Morgan fingerprint density at radius 1 is 1.19 bits per heavy atom. The van der Waals surface area contributed by atoms with Gasteiger partial charge < -0.3 is 10.5 Å². The average Bonchev–Trinajstić information content (AvgIpc) is 2.82. The van der Waals surface area contributed by atoms with E-state index in [1.807, 2.05) is 47.0 Å². The second kappa shape index (κ2) is 5.77. The van der Waals surface area contributed by atoms with Crippen molar-refractivity contribution in [1.29, 1.82) is 0 Å². The summed E-state index contributed by atoms with van der Waals surface area (Å²) >= 11 is 3.56. The predicted octanol–water partition coefficient (Wildman–Crippen LogP) is 4.16. The molecule has 3 rings (SSSR count). The molecular weight excluding hydrogens is 330 g/mol. The summed E-state index contributed by atoms with van der Waals surface area (Å²) in [4.78, 5) is 4.48. The summed E-state index contributed by atoms with van der Waals surface area (Å²) < 4.78 is 8.66. The second-order valence-electron chi connectivity index (χ2n) is 4.73. The van der Waals surface area contributed by atoms with Gasteiger partial charge in [-0.3, -0.25) is 4.57 Å². The molecule has 0 saturated heterocycles. The van der Waals surface area contributed by atoms with Gasteiger partial charge >= 0.3 is 0 Å². The number of imidazole rings is 1. The number of hydrogen-bond acceptors (Lipinski definition) is 3. The molecule has 0 spiro atoms. The lowest BCUT2D eigenvalue weighted by Gasteiger charge is -2.09. The van der Waals surface area contributed by atoms with Gasteiger partial charge in [0.05, 0.1) is 17.8 Å². The van der Waals surface area contributed by atoms with Gasteiger partial charge in [0.15, 0.2) is 0 Å². The van der Waals surface area contributed by atoms with Crippen molar-refractivity contribution in [3.05, 3.63) is 46.9 Å². The minimum Gasteiger partial charge on any atom is -0.491 e. The molecule has 2 N–H and O–H groups in total. The largest absolute Gasteiger partial charge is 0.491 e. The fraction of sp³-hybridized carbons (Fsp3) is 0.188. The predicted molar refractivity (Wildman–Crippen MR) is 89.0 cm³/mol. The van der Waals surface area contributed by atoms with Crippen LogP contribution in [0.3, 0.4) is 0 Å². The van der Waals surface area contributed by atoms with Gasteiger partial charge in [0.1, 0.15) is 11.3 Å². The van der Waals surface area contributed by atoms with Crippen LogP contribution >= 0.6 is 15.9 Å². The van der Waals surface area contributed by atoms with Gasteiger partial charge in [0, 0.05) is 4.47 Å². The van der Waals surface area contributed by atoms with E-state index in [0.29, 0.717) is 12.6 Å². The number of aromatic nitrogens is 2. The summed E-state index contributed by atoms with van der Waals surface area (Å²) in [6, 6.07) is 13.8. The summed E-state index contributed by atoms with van der Waals surface area (Å²) in [6.07, 6.45) is 0.955.